The zero-order valence-corrected chi connectivity index (χ0v) is 15.5. The number of nitrogens with zero attached hydrogens (tertiary/aromatic N) is 3. The molecule has 138 valence electrons. The van der Waals surface area contributed by atoms with Crippen LogP contribution in [0.5, 0.6) is 0 Å². The molecule has 1 aliphatic heterocycles. The highest BCUT2D eigenvalue weighted by molar-refractivity contribution is 5.92. The van der Waals surface area contributed by atoms with Gasteiger partial charge in [0.25, 0.3) is 5.91 Å². The van der Waals surface area contributed by atoms with Gasteiger partial charge in [0.2, 0.25) is 0 Å². The van der Waals surface area contributed by atoms with Gasteiger partial charge >= 0.3 is 0 Å². The van der Waals surface area contributed by atoms with E-state index in [-0.39, 0.29) is 5.91 Å². The second kappa shape index (κ2) is 7.48. The number of piperidine rings is 1. The van der Waals surface area contributed by atoms with Crippen LogP contribution in [0.1, 0.15) is 81.2 Å². The first-order valence-electron chi connectivity index (χ1n) is 10.3. The van der Waals surface area contributed by atoms with Gasteiger partial charge in [-0.05, 0) is 69.9 Å². The Morgan fingerprint density at radius 1 is 1.20 bits per heavy atom. The average Bonchev–Trinajstić information content (AvgIpc) is 3.37. The molecule has 0 spiro atoms. The second-order valence-corrected chi connectivity index (χ2v) is 8.21. The molecule has 0 aromatic carbocycles. The van der Waals surface area contributed by atoms with Gasteiger partial charge < -0.3 is 10.2 Å². The van der Waals surface area contributed by atoms with Crippen LogP contribution in [-0.2, 0) is 0 Å². The van der Waals surface area contributed by atoms with E-state index in [1.165, 1.54) is 51.4 Å². The standard InChI is InChI=1S/C20H32N4O/c1-2-15-5-7-16(8-6-15)24(17-9-10-17)20(25)19-11-13-23(22-19)18-4-3-12-21-14-18/h11,13,15-18,21H,2-10,12,14H2,1H3. The van der Waals surface area contributed by atoms with E-state index < -0.39 is 0 Å². The Balaban J connectivity index is 1.45. The van der Waals surface area contributed by atoms with Gasteiger partial charge in [0.1, 0.15) is 5.69 Å². The van der Waals surface area contributed by atoms with Gasteiger partial charge in [-0.25, -0.2) is 0 Å². The summed E-state index contributed by atoms with van der Waals surface area (Å²) in [6.45, 7) is 4.35. The van der Waals surface area contributed by atoms with Gasteiger partial charge in [0.05, 0.1) is 6.04 Å². The number of carbonyl (C=O) groups is 1. The summed E-state index contributed by atoms with van der Waals surface area (Å²) in [6, 6.07) is 3.23. The molecule has 0 radical (unpaired) electrons. The second-order valence-electron chi connectivity index (χ2n) is 8.21. The molecule has 1 unspecified atom stereocenters. The van der Waals surface area contributed by atoms with Crippen molar-refractivity contribution in [3.05, 3.63) is 18.0 Å². The molecule has 3 fully saturated rings. The molecule has 4 rings (SSSR count). The maximum absolute atomic E-state index is 13.2. The number of amides is 1. The maximum Gasteiger partial charge on any atom is 0.274 e. The smallest absolute Gasteiger partial charge is 0.274 e. The normalized spacial score (nSPS) is 30.2. The number of hydrogen-bond acceptors (Lipinski definition) is 3. The minimum atomic E-state index is 0.171. The molecule has 1 aromatic rings. The Hall–Kier alpha value is -1.36. The van der Waals surface area contributed by atoms with Crippen LogP contribution >= 0.6 is 0 Å². The predicted molar refractivity (Wildman–Crippen MR) is 98.6 cm³/mol. The third kappa shape index (κ3) is 3.76. The first-order valence-corrected chi connectivity index (χ1v) is 10.3. The van der Waals surface area contributed by atoms with Crippen molar-refractivity contribution in [3.63, 3.8) is 0 Å². The minimum absolute atomic E-state index is 0.171. The molecular weight excluding hydrogens is 312 g/mol. The molecule has 2 heterocycles. The number of carbonyl (C=O) groups excluding carboxylic acids is 1. The SMILES string of the molecule is CCC1CCC(N(C(=O)c2ccn(C3CCCNC3)n2)C2CC2)CC1. The van der Waals surface area contributed by atoms with E-state index in [1.807, 2.05) is 16.9 Å². The minimum Gasteiger partial charge on any atom is -0.331 e. The highest BCUT2D eigenvalue weighted by Gasteiger charge is 2.39. The van der Waals surface area contributed by atoms with E-state index in [9.17, 15) is 4.79 Å². The van der Waals surface area contributed by atoms with E-state index in [2.05, 4.69) is 22.2 Å². The Kier molecular flexibility index (Phi) is 5.11. The summed E-state index contributed by atoms with van der Waals surface area (Å²) in [5, 5.41) is 8.10. The van der Waals surface area contributed by atoms with Gasteiger partial charge in [-0.2, -0.15) is 5.10 Å². The molecule has 1 aromatic heterocycles. The van der Waals surface area contributed by atoms with E-state index in [0.717, 1.165) is 25.4 Å². The Morgan fingerprint density at radius 3 is 2.52 bits per heavy atom. The number of hydrogen-bond donors (Lipinski definition) is 1. The lowest BCUT2D eigenvalue weighted by Crippen LogP contribution is -2.44. The third-order valence-corrected chi connectivity index (χ3v) is 6.43. The lowest BCUT2D eigenvalue weighted by atomic mass is 9.83. The molecule has 1 amide bonds. The molecular formula is C20H32N4O. The highest BCUT2D eigenvalue weighted by Crippen LogP contribution is 2.37. The van der Waals surface area contributed by atoms with Crippen molar-refractivity contribution in [2.45, 2.75) is 82.8 Å². The van der Waals surface area contributed by atoms with Gasteiger partial charge in [0.15, 0.2) is 0 Å². The first kappa shape index (κ1) is 17.1. The van der Waals surface area contributed by atoms with Gasteiger partial charge in [-0.3, -0.25) is 9.48 Å². The molecule has 5 nitrogen and oxygen atoms in total. The zero-order chi connectivity index (χ0) is 17.2. The Morgan fingerprint density at radius 2 is 1.92 bits per heavy atom. The summed E-state index contributed by atoms with van der Waals surface area (Å²) in [4.78, 5) is 15.4. The molecule has 2 saturated carbocycles. The van der Waals surface area contributed by atoms with E-state index in [1.54, 1.807) is 0 Å². The molecule has 0 bridgehead atoms. The van der Waals surface area contributed by atoms with Crippen LogP contribution < -0.4 is 5.32 Å². The largest absolute Gasteiger partial charge is 0.331 e. The summed E-state index contributed by atoms with van der Waals surface area (Å²) in [6.07, 6.45) is 12.9. The molecule has 2 aliphatic carbocycles. The van der Waals surface area contributed by atoms with Crippen molar-refractivity contribution in [3.8, 4) is 0 Å². The molecule has 1 saturated heterocycles. The maximum atomic E-state index is 13.2. The molecule has 5 heteroatoms. The lowest BCUT2D eigenvalue weighted by molar-refractivity contribution is 0.0579. The van der Waals surface area contributed by atoms with Crippen molar-refractivity contribution >= 4 is 5.91 Å². The van der Waals surface area contributed by atoms with Crippen molar-refractivity contribution in [2.24, 2.45) is 5.92 Å². The Labute approximate surface area is 151 Å². The van der Waals surface area contributed by atoms with Crippen LogP contribution in [0.4, 0.5) is 0 Å². The summed E-state index contributed by atoms with van der Waals surface area (Å²) in [7, 11) is 0. The fourth-order valence-electron chi connectivity index (χ4n) is 4.66. The van der Waals surface area contributed by atoms with Crippen LogP contribution in [-0.4, -0.2) is 45.8 Å². The van der Waals surface area contributed by atoms with Gasteiger partial charge in [-0.1, -0.05) is 13.3 Å². The molecule has 1 atom stereocenters. The molecule has 1 N–H and O–H groups in total. The fraction of sp³-hybridized carbons (Fsp3) is 0.800. The Bertz CT molecular complexity index is 580. The zero-order valence-electron chi connectivity index (χ0n) is 15.5. The molecule has 3 aliphatic rings. The lowest BCUT2D eigenvalue weighted by Gasteiger charge is -2.36. The van der Waals surface area contributed by atoms with Crippen molar-refractivity contribution in [1.82, 2.24) is 20.0 Å². The van der Waals surface area contributed by atoms with E-state index in [0.29, 0.717) is 23.8 Å². The number of nitrogens with one attached hydrogen (secondary N) is 1. The van der Waals surface area contributed by atoms with E-state index in [4.69, 9.17) is 0 Å². The summed E-state index contributed by atoms with van der Waals surface area (Å²) in [5.41, 5.74) is 0.648. The highest BCUT2D eigenvalue weighted by atomic mass is 16.2. The quantitative estimate of drug-likeness (QED) is 0.891. The topological polar surface area (TPSA) is 50.2 Å². The van der Waals surface area contributed by atoms with Gasteiger partial charge in [-0.15, -0.1) is 0 Å². The van der Waals surface area contributed by atoms with Crippen molar-refractivity contribution < 1.29 is 4.79 Å². The molecule has 25 heavy (non-hydrogen) atoms. The average molecular weight is 345 g/mol. The summed E-state index contributed by atoms with van der Waals surface area (Å²) in [5.74, 6) is 1.04. The number of rotatable bonds is 5. The van der Waals surface area contributed by atoms with Crippen LogP contribution in [0.15, 0.2) is 12.3 Å². The third-order valence-electron chi connectivity index (χ3n) is 6.43. The van der Waals surface area contributed by atoms with Crippen LogP contribution in [0.2, 0.25) is 0 Å². The van der Waals surface area contributed by atoms with Crippen LogP contribution in [0.3, 0.4) is 0 Å². The first-order chi connectivity index (χ1) is 12.3. The summed E-state index contributed by atoms with van der Waals surface area (Å²) < 4.78 is 2.01. The summed E-state index contributed by atoms with van der Waals surface area (Å²) >= 11 is 0. The van der Waals surface area contributed by atoms with Crippen molar-refractivity contribution in [2.75, 3.05) is 13.1 Å². The van der Waals surface area contributed by atoms with Crippen LogP contribution in [0.25, 0.3) is 0 Å². The van der Waals surface area contributed by atoms with E-state index >= 15 is 0 Å². The predicted octanol–water partition coefficient (Wildman–Crippen LogP) is 3.38. The van der Waals surface area contributed by atoms with Crippen molar-refractivity contribution in [1.29, 1.82) is 0 Å². The fourth-order valence-corrected chi connectivity index (χ4v) is 4.66. The van der Waals surface area contributed by atoms with Gasteiger partial charge in [0, 0.05) is 24.8 Å². The monoisotopic (exact) mass is 344 g/mol. The number of aromatic nitrogens is 2. The van der Waals surface area contributed by atoms with Crippen LogP contribution in [0, 0.1) is 5.92 Å².